The van der Waals surface area contributed by atoms with E-state index in [0.717, 1.165) is 44.7 Å². The molecule has 0 N–H and O–H groups in total. The van der Waals surface area contributed by atoms with Crippen molar-refractivity contribution in [2.75, 3.05) is 32.7 Å². The average molecular weight is 373 g/mol. The second kappa shape index (κ2) is 8.97. The van der Waals surface area contributed by atoms with Gasteiger partial charge in [-0.1, -0.05) is 35.9 Å². The summed E-state index contributed by atoms with van der Waals surface area (Å²) < 4.78 is 12.9. The Morgan fingerprint density at radius 2 is 1.73 bits per heavy atom. The van der Waals surface area contributed by atoms with Gasteiger partial charge in [0.1, 0.15) is 5.82 Å². The van der Waals surface area contributed by atoms with Gasteiger partial charge in [0.15, 0.2) is 5.78 Å². The highest BCUT2D eigenvalue weighted by Gasteiger charge is 2.14. The van der Waals surface area contributed by atoms with E-state index < -0.39 is 0 Å². The van der Waals surface area contributed by atoms with Crippen LogP contribution in [0.2, 0.25) is 5.02 Å². The molecule has 0 spiro atoms. The van der Waals surface area contributed by atoms with E-state index in [1.807, 2.05) is 30.5 Å². The van der Waals surface area contributed by atoms with Gasteiger partial charge in [-0.05, 0) is 36.2 Å². The Bertz CT molecular complexity index is 768. The molecule has 0 bridgehead atoms. The molecular formula is C21H22ClFN2O. The van der Waals surface area contributed by atoms with Gasteiger partial charge < -0.3 is 4.90 Å². The SMILES string of the molecule is O=C(C=CN1CCN(CCc2ccc(F)cc2)CC1)c1ccccc1Cl. The standard InChI is InChI=1S/C21H22ClFN2O/c22-20-4-2-1-3-19(20)21(26)10-12-25-15-13-24(14-16-25)11-9-17-5-7-18(23)8-6-17/h1-8,10,12H,9,11,13-16H2. The van der Waals surface area contributed by atoms with E-state index in [1.54, 1.807) is 18.2 Å². The highest BCUT2D eigenvalue weighted by Crippen LogP contribution is 2.16. The van der Waals surface area contributed by atoms with E-state index in [1.165, 1.54) is 12.1 Å². The second-order valence-corrected chi connectivity index (χ2v) is 6.82. The summed E-state index contributed by atoms with van der Waals surface area (Å²) >= 11 is 6.06. The number of carbonyl (C=O) groups excluding carboxylic acids is 1. The molecule has 136 valence electrons. The Morgan fingerprint density at radius 1 is 1.04 bits per heavy atom. The summed E-state index contributed by atoms with van der Waals surface area (Å²) in [5, 5.41) is 0.479. The summed E-state index contributed by atoms with van der Waals surface area (Å²) in [7, 11) is 0. The second-order valence-electron chi connectivity index (χ2n) is 6.41. The number of rotatable bonds is 6. The molecule has 1 saturated heterocycles. The lowest BCUT2D eigenvalue weighted by atomic mass is 10.1. The van der Waals surface area contributed by atoms with Crippen LogP contribution in [0, 0.1) is 5.82 Å². The fraction of sp³-hybridized carbons (Fsp3) is 0.286. The van der Waals surface area contributed by atoms with Crippen molar-refractivity contribution in [2.24, 2.45) is 0 Å². The minimum Gasteiger partial charge on any atom is -0.375 e. The van der Waals surface area contributed by atoms with E-state index in [2.05, 4.69) is 9.80 Å². The molecule has 3 nitrogen and oxygen atoms in total. The molecule has 0 atom stereocenters. The van der Waals surface area contributed by atoms with Crippen molar-refractivity contribution >= 4 is 17.4 Å². The number of hydrogen-bond acceptors (Lipinski definition) is 3. The minimum absolute atomic E-state index is 0.0747. The van der Waals surface area contributed by atoms with Gasteiger partial charge >= 0.3 is 0 Å². The van der Waals surface area contributed by atoms with E-state index in [0.29, 0.717) is 10.6 Å². The van der Waals surface area contributed by atoms with Crippen molar-refractivity contribution in [3.8, 4) is 0 Å². The monoisotopic (exact) mass is 372 g/mol. The Morgan fingerprint density at radius 3 is 2.42 bits per heavy atom. The highest BCUT2D eigenvalue weighted by molar-refractivity contribution is 6.34. The van der Waals surface area contributed by atoms with Gasteiger partial charge in [0.25, 0.3) is 0 Å². The van der Waals surface area contributed by atoms with Crippen LogP contribution < -0.4 is 0 Å². The molecule has 1 aliphatic rings. The van der Waals surface area contributed by atoms with Crippen LogP contribution in [0.3, 0.4) is 0 Å². The largest absolute Gasteiger partial charge is 0.375 e. The van der Waals surface area contributed by atoms with Crippen LogP contribution in [-0.2, 0) is 6.42 Å². The van der Waals surface area contributed by atoms with Gasteiger partial charge in [-0.2, -0.15) is 0 Å². The topological polar surface area (TPSA) is 23.6 Å². The summed E-state index contributed by atoms with van der Waals surface area (Å²) in [6.45, 7) is 4.63. The van der Waals surface area contributed by atoms with Crippen molar-refractivity contribution in [1.29, 1.82) is 0 Å². The molecule has 1 fully saturated rings. The van der Waals surface area contributed by atoms with Crippen LogP contribution in [-0.4, -0.2) is 48.3 Å². The first-order valence-corrected chi connectivity index (χ1v) is 9.17. The maximum Gasteiger partial charge on any atom is 0.188 e. The van der Waals surface area contributed by atoms with Gasteiger partial charge in [0.05, 0.1) is 5.02 Å². The lowest BCUT2D eigenvalue weighted by Crippen LogP contribution is -2.44. The summed E-state index contributed by atoms with van der Waals surface area (Å²) in [6.07, 6.45) is 4.37. The number of benzene rings is 2. The number of piperazine rings is 1. The first kappa shape index (κ1) is 18.6. The van der Waals surface area contributed by atoms with Gasteiger partial charge in [0, 0.05) is 50.6 Å². The molecular weight excluding hydrogens is 351 g/mol. The molecule has 2 aromatic carbocycles. The van der Waals surface area contributed by atoms with Crippen LogP contribution >= 0.6 is 11.6 Å². The zero-order chi connectivity index (χ0) is 18.4. The van der Waals surface area contributed by atoms with E-state index >= 15 is 0 Å². The number of carbonyl (C=O) groups is 1. The predicted octanol–water partition coefficient (Wildman–Crippen LogP) is 4.04. The maximum absolute atomic E-state index is 12.9. The Kier molecular flexibility index (Phi) is 6.42. The smallest absolute Gasteiger partial charge is 0.188 e. The highest BCUT2D eigenvalue weighted by atomic mass is 35.5. The number of ketones is 1. The normalized spacial score (nSPS) is 15.5. The van der Waals surface area contributed by atoms with Crippen LogP contribution in [0.25, 0.3) is 0 Å². The van der Waals surface area contributed by atoms with Gasteiger partial charge in [-0.25, -0.2) is 4.39 Å². The van der Waals surface area contributed by atoms with Crippen molar-refractivity contribution < 1.29 is 9.18 Å². The molecule has 0 radical (unpaired) electrons. The number of allylic oxidation sites excluding steroid dienone is 1. The van der Waals surface area contributed by atoms with Crippen LogP contribution in [0.1, 0.15) is 15.9 Å². The molecule has 0 saturated carbocycles. The molecule has 0 amide bonds. The fourth-order valence-electron chi connectivity index (χ4n) is 3.00. The van der Waals surface area contributed by atoms with Crippen LogP contribution in [0.5, 0.6) is 0 Å². The first-order valence-electron chi connectivity index (χ1n) is 8.80. The number of hydrogen-bond donors (Lipinski definition) is 0. The maximum atomic E-state index is 12.9. The predicted molar refractivity (Wildman–Crippen MR) is 103 cm³/mol. The van der Waals surface area contributed by atoms with E-state index in [4.69, 9.17) is 11.6 Å². The quantitative estimate of drug-likeness (QED) is 0.565. The molecule has 1 aliphatic heterocycles. The number of halogens is 2. The fourth-order valence-corrected chi connectivity index (χ4v) is 3.23. The van der Waals surface area contributed by atoms with Crippen molar-refractivity contribution in [2.45, 2.75) is 6.42 Å². The van der Waals surface area contributed by atoms with Crippen molar-refractivity contribution in [3.63, 3.8) is 0 Å². The molecule has 2 aromatic rings. The Balaban J connectivity index is 1.44. The summed E-state index contributed by atoms with van der Waals surface area (Å²) in [4.78, 5) is 16.8. The minimum atomic E-state index is -0.194. The molecule has 0 aromatic heterocycles. The van der Waals surface area contributed by atoms with E-state index in [9.17, 15) is 9.18 Å². The summed E-state index contributed by atoms with van der Waals surface area (Å²) in [5.41, 5.74) is 1.68. The van der Waals surface area contributed by atoms with Gasteiger partial charge in [0.2, 0.25) is 0 Å². The Labute approximate surface area is 158 Å². The van der Waals surface area contributed by atoms with Gasteiger partial charge in [-0.15, -0.1) is 0 Å². The third-order valence-electron chi connectivity index (χ3n) is 4.61. The van der Waals surface area contributed by atoms with Crippen molar-refractivity contribution in [3.05, 3.63) is 82.8 Å². The lowest BCUT2D eigenvalue weighted by molar-refractivity contribution is 0.104. The Hall–Kier alpha value is -2.17. The van der Waals surface area contributed by atoms with Crippen LogP contribution in [0.4, 0.5) is 4.39 Å². The van der Waals surface area contributed by atoms with Crippen LogP contribution in [0.15, 0.2) is 60.8 Å². The molecule has 3 rings (SSSR count). The molecule has 5 heteroatoms. The van der Waals surface area contributed by atoms with E-state index in [-0.39, 0.29) is 11.6 Å². The average Bonchev–Trinajstić information content (AvgIpc) is 2.67. The molecule has 0 unspecified atom stereocenters. The summed E-state index contributed by atoms with van der Waals surface area (Å²) in [5.74, 6) is -0.269. The van der Waals surface area contributed by atoms with Crippen molar-refractivity contribution in [1.82, 2.24) is 9.80 Å². The lowest BCUT2D eigenvalue weighted by Gasteiger charge is -2.34. The summed E-state index contributed by atoms with van der Waals surface area (Å²) in [6, 6.07) is 13.8. The zero-order valence-corrected chi connectivity index (χ0v) is 15.3. The third kappa shape index (κ3) is 5.16. The third-order valence-corrected chi connectivity index (χ3v) is 4.94. The molecule has 1 heterocycles. The van der Waals surface area contributed by atoms with Gasteiger partial charge in [-0.3, -0.25) is 9.69 Å². The first-order chi connectivity index (χ1) is 12.6. The number of nitrogens with zero attached hydrogens (tertiary/aromatic N) is 2. The molecule has 0 aliphatic carbocycles. The zero-order valence-electron chi connectivity index (χ0n) is 14.6. The molecule has 26 heavy (non-hydrogen) atoms.